The molecule has 0 spiro atoms. The zero-order valence-corrected chi connectivity index (χ0v) is 11.1. The summed E-state index contributed by atoms with van der Waals surface area (Å²) >= 11 is 0. The first-order valence-electron chi connectivity index (χ1n) is 6.94. The SMILES string of the molecule is CCc1oc2ccccc2c1C(=O)CC1CCCO1. The van der Waals surface area contributed by atoms with Crippen LogP contribution in [0.25, 0.3) is 11.0 Å². The molecule has 3 heteroatoms. The number of hydrogen-bond donors (Lipinski definition) is 0. The Morgan fingerprint density at radius 1 is 1.37 bits per heavy atom. The molecule has 1 aromatic heterocycles. The van der Waals surface area contributed by atoms with Crippen LogP contribution in [-0.4, -0.2) is 18.5 Å². The number of Topliss-reactive ketones (excluding diaryl/α,β-unsaturated/α-hetero) is 1. The Morgan fingerprint density at radius 3 is 2.95 bits per heavy atom. The number of carbonyl (C=O) groups is 1. The van der Waals surface area contributed by atoms with Crippen molar-refractivity contribution in [2.24, 2.45) is 0 Å². The van der Waals surface area contributed by atoms with Gasteiger partial charge in [0.25, 0.3) is 0 Å². The first kappa shape index (κ1) is 12.4. The monoisotopic (exact) mass is 258 g/mol. The molecule has 0 radical (unpaired) electrons. The molecular weight excluding hydrogens is 240 g/mol. The first-order valence-corrected chi connectivity index (χ1v) is 6.94. The number of benzene rings is 1. The van der Waals surface area contributed by atoms with Crippen LogP contribution < -0.4 is 0 Å². The van der Waals surface area contributed by atoms with Crippen molar-refractivity contribution in [2.45, 2.75) is 38.7 Å². The number of carbonyl (C=O) groups excluding carboxylic acids is 1. The summed E-state index contributed by atoms with van der Waals surface area (Å²) in [6.07, 6.45) is 3.34. The Bertz CT molecular complexity index is 591. The first-order chi connectivity index (χ1) is 9.29. The molecule has 2 aromatic rings. The second-order valence-electron chi connectivity index (χ2n) is 5.01. The van der Waals surface area contributed by atoms with Crippen molar-refractivity contribution < 1.29 is 13.9 Å². The van der Waals surface area contributed by atoms with Crippen LogP contribution in [0.5, 0.6) is 0 Å². The zero-order chi connectivity index (χ0) is 13.2. The number of ketones is 1. The summed E-state index contributed by atoms with van der Waals surface area (Å²) < 4.78 is 11.3. The fourth-order valence-corrected chi connectivity index (χ4v) is 2.76. The maximum absolute atomic E-state index is 12.5. The third-order valence-corrected chi connectivity index (χ3v) is 3.71. The van der Waals surface area contributed by atoms with Gasteiger partial charge in [-0.2, -0.15) is 0 Å². The Balaban J connectivity index is 1.95. The Morgan fingerprint density at radius 2 is 2.21 bits per heavy atom. The van der Waals surface area contributed by atoms with Crippen LogP contribution in [0.1, 0.15) is 42.3 Å². The normalized spacial score (nSPS) is 19.1. The molecule has 100 valence electrons. The van der Waals surface area contributed by atoms with Crippen LogP contribution in [0, 0.1) is 0 Å². The summed E-state index contributed by atoms with van der Waals surface area (Å²) in [4.78, 5) is 12.5. The van der Waals surface area contributed by atoms with Crippen molar-refractivity contribution in [1.29, 1.82) is 0 Å². The fourth-order valence-electron chi connectivity index (χ4n) is 2.76. The molecule has 19 heavy (non-hydrogen) atoms. The summed E-state index contributed by atoms with van der Waals surface area (Å²) in [5, 5.41) is 0.933. The standard InChI is InChI=1S/C16H18O3/c1-2-14-16(12-7-3-4-8-15(12)19-14)13(17)10-11-6-5-9-18-11/h3-4,7-8,11H,2,5-6,9-10H2,1H3. The highest BCUT2D eigenvalue weighted by Gasteiger charge is 2.24. The van der Waals surface area contributed by atoms with E-state index in [1.54, 1.807) is 0 Å². The molecule has 0 amide bonds. The lowest BCUT2D eigenvalue weighted by molar-refractivity contribution is 0.0775. The molecule has 3 rings (SSSR count). The van der Waals surface area contributed by atoms with E-state index in [4.69, 9.17) is 9.15 Å². The minimum absolute atomic E-state index is 0.0888. The van der Waals surface area contributed by atoms with Crippen LogP contribution in [0.3, 0.4) is 0 Å². The number of hydrogen-bond acceptors (Lipinski definition) is 3. The molecule has 0 bridgehead atoms. The summed E-state index contributed by atoms with van der Waals surface area (Å²) in [5.41, 5.74) is 1.56. The average Bonchev–Trinajstić information content (AvgIpc) is 3.04. The molecule has 1 unspecified atom stereocenters. The second-order valence-corrected chi connectivity index (χ2v) is 5.01. The van der Waals surface area contributed by atoms with Gasteiger partial charge in [-0.3, -0.25) is 4.79 Å². The number of furan rings is 1. The van der Waals surface area contributed by atoms with Gasteiger partial charge in [-0.15, -0.1) is 0 Å². The van der Waals surface area contributed by atoms with Crippen molar-refractivity contribution in [3.05, 3.63) is 35.6 Å². The molecule has 1 fully saturated rings. The molecule has 1 aliphatic heterocycles. The van der Waals surface area contributed by atoms with Crippen LogP contribution >= 0.6 is 0 Å². The molecule has 1 saturated heterocycles. The van der Waals surface area contributed by atoms with E-state index in [2.05, 4.69) is 0 Å². The van der Waals surface area contributed by atoms with Gasteiger partial charge in [0.05, 0.1) is 11.7 Å². The summed E-state index contributed by atoms with van der Waals surface area (Å²) in [5.74, 6) is 0.942. The number of ether oxygens (including phenoxy) is 1. The maximum atomic E-state index is 12.5. The third-order valence-electron chi connectivity index (χ3n) is 3.71. The van der Waals surface area contributed by atoms with Crippen molar-refractivity contribution in [2.75, 3.05) is 6.61 Å². The molecule has 3 nitrogen and oxygen atoms in total. The van der Waals surface area contributed by atoms with Crippen molar-refractivity contribution in [3.63, 3.8) is 0 Å². The minimum Gasteiger partial charge on any atom is -0.460 e. The summed E-state index contributed by atoms with van der Waals surface area (Å²) in [6, 6.07) is 7.75. The van der Waals surface area contributed by atoms with Gasteiger partial charge in [0, 0.05) is 24.8 Å². The van der Waals surface area contributed by atoms with Gasteiger partial charge >= 0.3 is 0 Å². The van der Waals surface area contributed by atoms with Crippen LogP contribution in [0.2, 0.25) is 0 Å². The van der Waals surface area contributed by atoms with Gasteiger partial charge in [0.1, 0.15) is 11.3 Å². The van der Waals surface area contributed by atoms with E-state index in [9.17, 15) is 4.79 Å². The van der Waals surface area contributed by atoms with E-state index in [1.165, 1.54) is 0 Å². The van der Waals surface area contributed by atoms with E-state index < -0.39 is 0 Å². The number of rotatable bonds is 4. The predicted octanol–water partition coefficient (Wildman–Crippen LogP) is 3.75. The molecule has 1 atom stereocenters. The van der Waals surface area contributed by atoms with E-state index in [0.717, 1.165) is 48.2 Å². The number of aryl methyl sites for hydroxylation is 1. The van der Waals surface area contributed by atoms with Gasteiger partial charge in [-0.1, -0.05) is 25.1 Å². The molecule has 0 aliphatic carbocycles. The molecule has 0 saturated carbocycles. The van der Waals surface area contributed by atoms with Gasteiger partial charge in [0.2, 0.25) is 0 Å². The summed E-state index contributed by atoms with van der Waals surface area (Å²) in [6.45, 7) is 2.80. The van der Waals surface area contributed by atoms with Crippen LogP contribution in [0.4, 0.5) is 0 Å². The Hall–Kier alpha value is -1.61. The molecule has 1 aliphatic rings. The fraction of sp³-hybridized carbons (Fsp3) is 0.438. The predicted molar refractivity (Wildman–Crippen MR) is 73.5 cm³/mol. The van der Waals surface area contributed by atoms with Gasteiger partial charge < -0.3 is 9.15 Å². The van der Waals surface area contributed by atoms with E-state index in [0.29, 0.717) is 6.42 Å². The van der Waals surface area contributed by atoms with Crippen molar-refractivity contribution in [1.82, 2.24) is 0 Å². The molecular formula is C16H18O3. The molecule has 0 N–H and O–H groups in total. The quantitative estimate of drug-likeness (QED) is 0.784. The number of para-hydroxylation sites is 1. The topological polar surface area (TPSA) is 39.4 Å². The Labute approximate surface area is 112 Å². The van der Waals surface area contributed by atoms with Crippen LogP contribution in [0.15, 0.2) is 28.7 Å². The van der Waals surface area contributed by atoms with E-state index in [1.807, 2.05) is 31.2 Å². The van der Waals surface area contributed by atoms with Gasteiger partial charge in [-0.05, 0) is 18.9 Å². The summed E-state index contributed by atoms with van der Waals surface area (Å²) in [7, 11) is 0. The van der Waals surface area contributed by atoms with Crippen molar-refractivity contribution in [3.8, 4) is 0 Å². The largest absolute Gasteiger partial charge is 0.460 e. The van der Waals surface area contributed by atoms with E-state index >= 15 is 0 Å². The third kappa shape index (κ3) is 2.30. The highest BCUT2D eigenvalue weighted by Crippen LogP contribution is 2.29. The highest BCUT2D eigenvalue weighted by atomic mass is 16.5. The lowest BCUT2D eigenvalue weighted by Gasteiger charge is -2.08. The maximum Gasteiger partial charge on any atom is 0.169 e. The second kappa shape index (κ2) is 5.17. The minimum atomic E-state index is 0.0888. The number of fused-ring (bicyclic) bond motifs is 1. The van der Waals surface area contributed by atoms with Gasteiger partial charge in [0.15, 0.2) is 5.78 Å². The zero-order valence-electron chi connectivity index (χ0n) is 11.1. The molecule has 1 aromatic carbocycles. The average molecular weight is 258 g/mol. The lowest BCUT2D eigenvalue weighted by Crippen LogP contribution is -2.13. The van der Waals surface area contributed by atoms with Crippen molar-refractivity contribution >= 4 is 16.8 Å². The Kier molecular flexibility index (Phi) is 3.38. The van der Waals surface area contributed by atoms with Gasteiger partial charge in [-0.25, -0.2) is 0 Å². The van der Waals surface area contributed by atoms with Crippen LogP contribution in [-0.2, 0) is 11.2 Å². The lowest BCUT2D eigenvalue weighted by atomic mass is 10.00. The smallest absolute Gasteiger partial charge is 0.169 e. The van der Waals surface area contributed by atoms with E-state index in [-0.39, 0.29) is 11.9 Å². The molecule has 2 heterocycles. The highest BCUT2D eigenvalue weighted by molar-refractivity contribution is 6.08.